The Balaban J connectivity index is 1.47. The molecule has 3 amide bonds. The van der Waals surface area contributed by atoms with E-state index in [2.05, 4.69) is 22.2 Å². The third kappa shape index (κ3) is 4.78. The van der Waals surface area contributed by atoms with E-state index in [1.807, 2.05) is 4.90 Å². The molecule has 2 aliphatic heterocycles. The molecule has 2 fully saturated rings. The molecule has 1 aliphatic carbocycles. The van der Waals surface area contributed by atoms with Gasteiger partial charge in [0.2, 0.25) is 5.91 Å². The van der Waals surface area contributed by atoms with Gasteiger partial charge in [0.05, 0.1) is 6.54 Å². The number of fused-ring (bicyclic) bond motifs is 1. The maximum absolute atomic E-state index is 13.3. The number of hydrogen-bond acceptors (Lipinski definition) is 5. The second-order valence-corrected chi connectivity index (χ2v) is 10.0. The maximum atomic E-state index is 13.3. The first-order chi connectivity index (χ1) is 15.8. The van der Waals surface area contributed by atoms with Gasteiger partial charge in [-0.3, -0.25) is 24.0 Å². The van der Waals surface area contributed by atoms with E-state index in [-0.39, 0.29) is 36.0 Å². The van der Waals surface area contributed by atoms with E-state index in [0.717, 1.165) is 51.7 Å². The molecule has 3 heterocycles. The summed E-state index contributed by atoms with van der Waals surface area (Å²) in [6, 6.07) is 1.74. The van der Waals surface area contributed by atoms with Crippen molar-refractivity contribution in [2.75, 3.05) is 39.8 Å². The number of aromatic nitrogens is 2. The molecule has 4 rings (SSSR count). The quantitative estimate of drug-likeness (QED) is 0.679. The van der Waals surface area contributed by atoms with Gasteiger partial charge in [-0.25, -0.2) is 0 Å². The minimum Gasteiger partial charge on any atom is -0.351 e. The van der Waals surface area contributed by atoms with Gasteiger partial charge in [-0.1, -0.05) is 32.6 Å². The molecule has 1 aromatic rings. The van der Waals surface area contributed by atoms with E-state index in [9.17, 15) is 14.4 Å². The number of rotatable bonds is 5. The fraction of sp³-hybridized carbons (Fsp3) is 0.750. The monoisotopic (exact) mass is 458 g/mol. The second-order valence-electron chi connectivity index (χ2n) is 10.0. The lowest BCUT2D eigenvalue weighted by atomic mass is 9.95. The summed E-state index contributed by atoms with van der Waals surface area (Å²) in [6.07, 6.45) is 7.74. The molecule has 3 aliphatic rings. The van der Waals surface area contributed by atoms with Crippen LogP contribution in [0.15, 0.2) is 6.07 Å². The first kappa shape index (κ1) is 23.7. The Morgan fingerprint density at radius 1 is 1.12 bits per heavy atom. The fourth-order valence-electron chi connectivity index (χ4n) is 5.25. The van der Waals surface area contributed by atoms with Crippen LogP contribution in [0.25, 0.3) is 0 Å². The zero-order valence-electron chi connectivity index (χ0n) is 20.3. The molecule has 1 aromatic heterocycles. The van der Waals surface area contributed by atoms with Crippen molar-refractivity contribution in [3.8, 4) is 0 Å². The van der Waals surface area contributed by atoms with Crippen molar-refractivity contribution in [3.63, 3.8) is 0 Å². The van der Waals surface area contributed by atoms with E-state index in [1.165, 1.54) is 17.7 Å². The van der Waals surface area contributed by atoms with Gasteiger partial charge in [-0.2, -0.15) is 5.10 Å². The highest BCUT2D eigenvalue weighted by Gasteiger charge is 2.47. The topological polar surface area (TPSA) is 90.8 Å². The summed E-state index contributed by atoms with van der Waals surface area (Å²) in [5.41, 5.74) is -0.400. The summed E-state index contributed by atoms with van der Waals surface area (Å²) in [5, 5.41) is 7.68. The molecule has 1 saturated heterocycles. The molecular formula is C24H38N6O3. The smallest absolute Gasteiger partial charge is 0.274 e. The Kier molecular flexibility index (Phi) is 7.07. The Labute approximate surface area is 196 Å². The lowest BCUT2D eigenvalue weighted by Gasteiger charge is -2.41. The lowest BCUT2D eigenvalue weighted by molar-refractivity contribution is -0.133. The van der Waals surface area contributed by atoms with Gasteiger partial charge in [0, 0.05) is 45.3 Å². The molecule has 0 unspecified atom stereocenters. The average Bonchev–Trinajstić information content (AvgIpc) is 3.06. The van der Waals surface area contributed by atoms with E-state index in [4.69, 9.17) is 0 Å². The molecule has 9 nitrogen and oxygen atoms in total. The van der Waals surface area contributed by atoms with Gasteiger partial charge < -0.3 is 15.1 Å². The van der Waals surface area contributed by atoms with Crippen molar-refractivity contribution >= 4 is 17.7 Å². The molecule has 0 radical (unpaired) electrons. The Morgan fingerprint density at radius 3 is 2.42 bits per heavy atom. The summed E-state index contributed by atoms with van der Waals surface area (Å²) < 4.78 is 1.55. The van der Waals surface area contributed by atoms with Gasteiger partial charge >= 0.3 is 0 Å². The highest BCUT2D eigenvalue weighted by atomic mass is 16.2. The average molecular weight is 459 g/mol. The standard InChI is InChI=1S/C24H38N6O3/c1-4-11-28-12-14-29(15-13-28)21(31)19-16-20-22(32)27(3)24(2,17-30(20)26-19)23(33)25-18-9-7-5-6-8-10-18/h16,18H,4-15,17H2,1-3H3,(H,25,33)/t24-/m0/s1. The zero-order chi connectivity index (χ0) is 23.6. The highest BCUT2D eigenvalue weighted by Crippen LogP contribution is 2.27. The number of hydrogen-bond donors (Lipinski definition) is 1. The lowest BCUT2D eigenvalue weighted by Crippen LogP contribution is -2.63. The van der Waals surface area contributed by atoms with Crippen LogP contribution in [0.2, 0.25) is 0 Å². The van der Waals surface area contributed by atoms with Crippen LogP contribution in [0.5, 0.6) is 0 Å². The largest absolute Gasteiger partial charge is 0.351 e. The Hall–Kier alpha value is -2.42. The molecular weight excluding hydrogens is 420 g/mol. The molecule has 1 N–H and O–H groups in total. The third-order valence-corrected chi connectivity index (χ3v) is 7.60. The van der Waals surface area contributed by atoms with E-state index < -0.39 is 5.54 Å². The fourth-order valence-corrected chi connectivity index (χ4v) is 5.25. The van der Waals surface area contributed by atoms with Crippen molar-refractivity contribution < 1.29 is 14.4 Å². The molecule has 1 saturated carbocycles. The van der Waals surface area contributed by atoms with Gasteiger partial charge in [-0.05, 0) is 32.7 Å². The van der Waals surface area contributed by atoms with Crippen molar-refractivity contribution in [1.29, 1.82) is 0 Å². The van der Waals surface area contributed by atoms with Crippen LogP contribution >= 0.6 is 0 Å². The van der Waals surface area contributed by atoms with Crippen molar-refractivity contribution in [1.82, 2.24) is 29.8 Å². The molecule has 0 aromatic carbocycles. The summed E-state index contributed by atoms with van der Waals surface area (Å²) >= 11 is 0. The predicted molar refractivity (Wildman–Crippen MR) is 125 cm³/mol. The molecule has 1 atom stereocenters. The van der Waals surface area contributed by atoms with Gasteiger partial charge in [0.15, 0.2) is 5.69 Å². The minimum atomic E-state index is -1.05. The van der Waals surface area contributed by atoms with E-state index in [0.29, 0.717) is 18.8 Å². The molecule has 0 bridgehead atoms. The summed E-state index contributed by atoms with van der Waals surface area (Å²) in [6.45, 7) is 8.26. The third-order valence-electron chi connectivity index (χ3n) is 7.60. The van der Waals surface area contributed by atoms with Gasteiger partial charge in [0.1, 0.15) is 11.2 Å². The Bertz CT molecular complexity index is 883. The van der Waals surface area contributed by atoms with Gasteiger partial charge in [0.25, 0.3) is 11.8 Å². The number of nitrogens with one attached hydrogen (secondary N) is 1. The van der Waals surface area contributed by atoms with Crippen molar-refractivity contribution in [3.05, 3.63) is 17.5 Å². The summed E-state index contributed by atoms with van der Waals surface area (Å²) in [4.78, 5) is 45.2. The Morgan fingerprint density at radius 2 is 1.79 bits per heavy atom. The van der Waals surface area contributed by atoms with Crippen LogP contribution in [-0.2, 0) is 11.3 Å². The highest BCUT2D eigenvalue weighted by molar-refractivity contribution is 6.01. The minimum absolute atomic E-state index is 0.145. The van der Waals surface area contributed by atoms with E-state index in [1.54, 1.807) is 24.7 Å². The van der Waals surface area contributed by atoms with Crippen LogP contribution < -0.4 is 5.32 Å². The van der Waals surface area contributed by atoms with Crippen LogP contribution in [0.1, 0.15) is 79.8 Å². The predicted octanol–water partition coefficient (Wildman–Crippen LogP) is 1.73. The first-order valence-corrected chi connectivity index (χ1v) is 12.5. The second kappa shape index (κ2) is 9.83. The number of nitrogens with zero attached hydrogens (tertiary/aromatic N) is 5. The van der Waals surface area contributed by atoms with Crippen LogP contribution in [-0.4, -0.2) is 93.6 Å². The first-order valence-electron chi connectivity index (χ1n) is 12.5. The molecule has 0 spiro atoms. The molecule has 182 valence electrons. The zero-order valence-corrected chi connectivity index (χ0v) is 20.3. The van der Waals surface area contributed by atoms with Crippen molar-refractivity contribution in [2.24, 2.45) is 0 Å². The van der Waals surface area contributed by atoms with Crippen LogP contribution in [0, 0.1) is 0 Å². The normalized spacial score (nSPS) is 25.0. The molecule has 9 heteroatoms. The van der Waals surface area contributed by atoms with Crippen molar-refractivity contribution in [2.45, 2.75) is 76.9 Å². The molecule has 33 heavy (non-hydrogen) atoms. The SMILES string of the molecule is CCCN1CCN(C(=O)c2cc3n(n2)C[C@@](C)(C(=O)NC2CCCCCC2)N(C)C3=O)CC1. The summed E-state index contributed by atoms with van der Waals surface area (Å²) in [7, 11) is 1.67. The van der Waals surface area contributed by atoms with E-state index >= 15 is 0 Å². The maximum Gasteiger partial charge on any atom is 0.274 e. The number of carbonyl (C=O) groups excluding carboxylic acids is 3. The summed E-state index contributed by atoms with van der Waals surface area (Å²) in [5.74, 6) is -0.571. The number of likely N-dealkylation sites (N-methyl/N-ethyl adjacent to an activating group) is 1. The van der Waals surface area contributed by atoms with Crippen LogP contribution in [0.4, 0.5) is 0 Å². The van der Waals surface area contributed by atoms with Gasteiger partial charge in [-0.15, -0.1) is 0 Å². The number of amides is 3. The van der Waals surface area contributed by atoms with Crippen LogP contribution in [0.3, 0.4) is 0 Å². The number of carbonyl (C=O) groups is 3. The number of piperazine rings is 1.